The molecule has 0 fully saturated rings. The third-order valence-electron chi connectivity index (χ3n) is 2.22. The summed E-state index contributed by atoms with van der Waals surface area (Å²) in [5.74, 6) is 0. The van der Waals surface area contributed by atoms with Crippen LogP contribution in [0.25, 0.3) is 10.9 Å². The minimum atomic E-state index is 0.236. The summed E-state index contributed by atoms with van der Waals surface area (Å²) in [6.07, 6.45) is 2.72. The lowest BCUT2D eigenvalue weighted by molar-refractivity contribution is 0.292. The molecule has 0 aliphatic carbocycles. The third kappa shape index (κ3) is 1.88. The number of aliphatic hydroxyl groups excluding tert-OH is 1. The molecular weight excluding hydrogens is 176 g/mol. The van der Waals surface area contributed by atoms with Gasteiger partial charge in [-0.3, -0.25) is 0 Å². The van der Waals surface area contributed by atoms with Crippen molar-refractivity contribution in [1.29, 1.82) is 0 Å². The second-order valence-electron chi connectivity index (χ2n) is 3.28. The van der Waals surface area contributed by atoms with Crippen molar-refractivity contribution < 1.29 is 5.11 Å². The second-order valence-corrected chi connectivity index (χ2v) is 3.28. The van der Waals surface area contributed by atoms with Crippen molar-refractivity contribution in [2.45, 2.75) is 6.42 Å². The monoisotopic (exact) mass is 190 g/mol. The zero-order chi connectivity index (χ0) is 9.80. The molecule has 0 bridgehead atoms. The molecule has 0 saturated carbocycles. The van der Waals surface area contributed by atoms with E-state index in [1.165, 1.54) is 5.39 Å². The number of anilines is 1. The normalized spacial score (nSPS) is 10.6. The quantitative estimate of drug-likeness (QED) is 0.645. The van der Waals surface area contributed by atoms with Gasteiger partial charge in [-0.15, -0.1) is 0 Å². The molecule has 3 heteroatoms. The molecule has 1 aromatic heterocycles. The molecule has 1 aromatic carbocycles. The van der Waals surface area contributed by atoms with Crippen LogP contribution >= 0.6 is 0 Å². The summed E-state index contributed by atoms with van der Waals surface area (Å²) in [5, 5.41) is 13.1. The van der Waals surface area contributed by atoms with Crippen LogP contribution in [0, 0.1) is 0 Å². The van der Waals surface area contributed by atoms with Crippen LogP contribution in [0.4, 0.5) is 5.69 Å². The van der Waals surface area contributed by atoms with E-state index in [-0.39, 0.29) is 6.61 Å². The average molecular weight is 190 g/mol. The first kappa shape index (κ1) is 9.09. The van der Waals surface area contributed by atoms with Gasteiger partial charge in [0.25, 0.3) is 0 Å². The number of rotatable bonds is 4. The highest BCUT2D eigenvalue weighted by atomic mass is 16.3. The molecule has 0 aliphatic rings. The Bertz CT molecular complexity index is 408. The predicted molar refractivity (Wildman–Crippen MR) is 58.5 cm³/mol. The third-order valence-corrected chi connectivity index (χ3v) is 2.22. The Morgan fingerprint density at radius 2 is 2.21 bits per heavy atom. The van der Waals surface area contributed by atoms with Crippen molar-refractivity contribution in [1.82, 2.24) is 4.98 Å². The van der Waals surface area contributed by atoms with Crippen LogP contribution < -0.4 is 5.32 Å². The van der Waals surface area contributed by atoms with Gasteiger partial charge in [-0.1, -0.05) is 0 Å². The van der Waals surface area contributed by atoms with Crippen LogP contribution in [0.1, 0.15) is 6.42 Å². The summed E-state index contributed by atoms with van der Waals surface area (Å²) in [4.78, 5) is 3.15. The van der Waals surface area contributed by atoms with E-state index in [1.54, 1.807) is 0 Å². The highest BCUT2D eigenvalue weighted by Crippen LogP contribution is 2.17. The lowest BCUT2D eigenvalue weighted by Gasteiger charge is -2.04. The van der Waals surface area contributed by atoms with E-state index in [4.69, 9.17) is 5.11 Å². The van der Waals surface area contributed by atoms with Gasteiger partial charge in [-0.2, -0.15) is 0 Å². The van der Waals surface area contributed by atoms with Crippen LogP contribution in [-0.4, -0.2) is 23.2 Å². The smallest absolute Gasteiger partial charge is 0.0455 e. The lowest BCUT2D eigenvalue weighted by atomic mass is 10.2. The summed E-state index contributed by atoms with van der Waals surface area (Å²) >= 11 is 0. The molecule has 0 aliphatic heterocycles. The summed E-state index contributed by atoms with van der Waals surface area (Å²) < 4.78 is 0. The standard InChI is InChI=1S/C11H14N2O/c14-7-1-5-12-10-2-3-11-9(8-10)4-6-13-11/h2-4,6,8,12-14H,1,5,7H2. The second kappa shape index (κ2) is 4.15. The fourth-order valence-corrected chi connectivity index (χ4v) is 1.48. The molecule has 0 amide bonds. The Balaban J connectivity index is 2.10. The maximum Gasteiger partial charge on any atom is 0.0455 e. The molecule has 0 unspecified atom stereocenters. The maximum atomic E-state index is 8.64. The highest BCUT2D eigenvalue weighted by molar-refractivity contribution is 5.82. The van der Waals surface area contributed by atoms with E-state index >= 15 is 0 Å². The predicted octanol–water partition coefficient (Wildman–Crippen LogP) is 1.96. The van der Waals surface area contributed by atoms with Gasteiger partial charge in [0.2, 0.25) is 0 Å². The number of benzene rings is 1. The van der Waals surface area contributed by atoms with Crippen molar-refractivity contribution in [3.05, 3.63) is 30.5 Å². The van der Waals surface area contributed by atoms with Crippen LogP contribution in [0.2, 0.25) is 0 Å². The van der Waals surface area contributed by atoms with Crippen LogP contribution in [-0.2, 0) is 0 Å². The van der Waals surface area contributed by atoms with E-state index in [1.807, 2.05) is 18.3 Å². The van der Waals surface area contributed by atoms with Gasteiger partial charge in [0.05, 0.1) is 0 Å². The summed E-state index contributed by atoms with van der Waals surface area (Å²) in [7, 11) is 0. The van der Waals surface area contributed by atoms with E-state index in [0.717, 1.165) is 24.2 Å². The Morgan fingerprint density at radius 1 is 1.29 bits per heavy atom. The number of nitrogens with one attached hydrogen (secondary N) is 2. The molecular formula is C11H14N2O. The van der Waals surface area contributed by atoms with Crippen molar-refractivity contribution in [2.24, 2.45) is 0 Å². The fourth-order valence-electron chi connectivity index (χ4n) is 1.48. The Hall–Kier alpha value is -1.48. The van der Waals surface area contributed by atoms with Crippen molar-refractivity contribution in [2.75, 3.05) is 18.5 Å². The number of hydrogen-bond donors (Lipinski definition) is 3. The molecule has 0 radical (unpaired) electrons. The van der Waals surface area contributed by atoms with Crippen molar-refractivity contribution in [3.63, 3.8) is 0 Å². The van der Waals surface area contributed by atoms with E-state index in [9.17, 15) is 0 Å². The molecule has 2 rings (SSSR count). The first-order valence-electron chi connectivity index (χ1n) is 4.82. The first-order valence-corrected chi connectivity index (χ1v) is 4.82. The van der Waals surface area contributed by atoms with Gasteiger partial charge in [0.1, 0.15) is 0 Å². The van der Waals surface area contributed by atoms with Crippen LogP contribution in [0.15, 0.2) is 30.5 Å². The van der Waals surface area contributed by atoms with E-state index in [2.05, 4.69) is 22.4 Å². The average Bonchev–Trinajstić information content (AvgIpc) is 2.65. The molecule has 14 heavy (non-hydrogen) atoms. The number of fused-ring (bicyclic) bond motifs is 1. The van der Waals surface area contributed by atoms with Crippen molar-refractivity contribution >= 4 is 16.6 Å². The Labute approximate surface area is 82.8 Å². The van der Waals surface area contributed by atoms with Gasteiger partial charge in [-0.05, 0) is 30.7 Å². The minimum absolute atomic E-state index is 0.236. The highest BCUT2D eigenvalue weighted by Gasteiger charge is 1.95. The zero-order valence-electron chi connectivity index (χ0n) is 7.96. The van der Waals surface area contributed by atoms with Gasteiger partial charge in [0.15, 0.2) is 0 Å². The molecule has 2 aromatic rings. The number of aromatic nitrogens is 1. The number of aromatic amines is 1. The largest absolute Gasteiger partial charge is 0.396 e. The van der Waals surface area contributed by atoms with Gasteiger partial charge in [0, 0.05) is 35.9 Å². The Kier molecular flexibility index (Phi) is 2.70. The summed E-state index contributed by atoms with van der Waals surface area (Å²) in [6, 6.07) is 8.24. The van der Waals surface area contributed by atoms with Gasteiger partial charge < -0.3 is 15.4 Å². The number of H-pyrrole nitrogens is 1. The van der Waals surface area contributed by atoms with Crippen LogP contribution in [0.5, 0.6) is 0 Å². The molecule has 0 saturated heterocycles. The topological polar surface area (TPSA) is 48.0 Å². The Morgan fingerprint density at radius 3 is 3.07 bits per heavy atom. The van der Waals surface area contributed by atoms with E-state index < -0.39 is 0 Å². The summed E-state index contributed by atoms with van der Waals surface area (Å²) in [6.45, 7) is 1.05. The summed E-state index contributed by atoms with van der Waals surface area (Å²) in [5.41, 5.74) is 2.25. The van der Waals surface area contributed by atoms with Crippen molar-refractivity contribution in [3.8, 4) is 0 Å². The molecule has 1 heterocycles. The molecule has 74 valence electrons. The maximum absolute atomic E-state index is 8.64. The van der Waals surface area contributed by atoms with E-state index in [0.29, 0.717) is 0 Å². The van der Waals surface area contributed by atoms with Gasteiger partial charge >= 0.3 is 0 Å². The van der Waals surface area contributed by atoms with Gasteiger partial charge in [-0.25, -0.2) is 0 Å². The zero-order valence-corrected chi connectivity index (χ0v) is 7.96. The molecule has 0 spiro atoms. The SMILES string of the molecule is OCCCNc1ccc2[nH]ccc2c1. The molecule has 3 N–H and O–H groups in total. The minimum Gasteiger partial charge on any atom is -0.396 e. The molecule has 3 nitrogen and oxygen atoms in total. The lowest BCUT2D eigenvalue weighted by Crippen LogP contribution is -2.02. The molecule has 0 atom stereocenters. The first-order chi connectivity index (χ1) is 6.90. The fraction of sp³-hybridized carbons (Fsp3) is 0.273. The number of hydrogen-bond acceptors (Lipinski definition) is 2. The van der Waals surface area contributed by atoms with Crippen LogP contribution in [0.3, 0.4) is 0 Å². The number of aliphatic hydroxyl groups is 1.